The standard InChI is InChI=1S/C50H26N4O2/c51-27-31-19-17-29(25-41(31)53-37-13-5-1-9-33(37)47-39(53)21-23-45-49(47)35-11-3-7-15-43(35)55-45)30-18-20-32(28-52)42(26-30)54-38-14-6-2-10-34(38)48-40(54)22-24-46-50(48)36-12-4-8-16-44(36)56-46/h1-26H. The van der Waals surface area contributed by atoms with Crippen molar-refractivity contribution in [3.8, 4) is 34.6 Å². The van der Waals surface area contributed by atoms with E-state index in [1.807, 2.05) is 84.9 Å². The van der Waals surface area contributed by atoms with Crippen molar-refractivity contribution in [3.05, 3.63) is 169 Å². The lowest BCUT2D eigenvalue weighted by Crippen LogP contribution is -2.00. The minimum atomic E-state index is 0.557. The van der Waals surface area contributed by atoms with Crippen LogP contribution in [-0.4, -0.2) is 9.13 Å². The molecular formula is C50H26N4O2. The fourth-order valence-electron chi connectivity index (χ4n) is 9.05. The molecule has 0 unspecified atom stereocenters. The van der Waals surface area contributed by atoms with Crippen molar-refractivity contribution in [1.29, 1.82) is 10.5 Å². The summed E-state index contributed by atoms with van der Waals surface area (Å²) in [5.74, 6) is 0. The third-order valence-electron chi connectivity index (χ3n) is 11.4. The molecule has 0 aliphatic rings. The van der Waals surface area contributed by atoms with Crippen molar-refractivity contribution in [2.24, 2.45) is 0 Å². The van der Waals surface area contributed by atoms with E-state index in [0.717, 1.165) is 110 Å². The van der Waals surface area contributed by atoms with Crippen LogP contribution in [0.3, 0.4) is 0 Å². The second kappa shape index (κ2) is 11.2. The molecule has 0 saturated carbocycles. The van der Waals surface area contributed by atoms with Gasteiger partial charge in [0.25, 0.3) is 0 Å². The summed E-state index contributed by atoms with van der Waals surface area (Å²) >= 11 is 0. The van der Waals surface area contributed by atoms with Gasteiger partial charge in [-0.3, -0.25) is 0 Å². The molecule has 0 radical (unpaired) electrons. The maximum atomic E-state index is 10.5. The molecule has 12 rings (SSSR count). The van der Waals surface area contributed by atoms with Crippen LogP contribution in [0.4, 0.5) is 0 Å². The van der Waals surface area contributed by atoms with Crippen LogP contribution in [0.5, 0.6) is 0 Å². The minimum absolute atomic E-state index is 0.557. The largest absolute Gasteiger partial charge is 0.456 e. The average Bonchev–Trinajstić information content (AvgIpc) is 4.00. The van der Waals surface area contributed by atoms with Gasteiger partial charge in [-0.15, -0.1) is 0 Å². The molecule has 0 bridgehead atoms. The fourth-order valence-corrected chi connectivity index (χ4v) is 9.05. The number of fused-ring (bicyclic) bond motifs is 14. The number of aromatic nitrogens is 2. The number of rotatable bonds is 3. The van der Waals surface area contributed by atoms with E-state index in [2.05, 4.69) is 94.1 Å². The number of hydrogen-bond donors (Lipinski definition) is 0. The van der Waals surface area contributed by atoms with Crippen molar-refractivity contribution in [1.82, 2.24) is 9.13 Å². The second-order valence-electron chi connectivity index (χ2n) is 14.3. The molecule has 6 heteroatoms. The van der Waals surface area contributed by atoms with E-state index >= 15 is 0 Å². The molecule has 0 N–H and O–H groups in total. The van der Waals surface area contributed by atoms with E-state index in [9.17, 15) is 10.5 Å². The van der Waals surface area contributed by atoms with Gasteiger partial charge >= 0.3 is 0 Å². The van der Waals surface area contributed by atoms with Gasteiger partial charge in [-0.25, -0.2) is 0 Å². The highest BCUT2D eigenvalue weighted by atomic mass is 16.3. The van der Waals surface area contributed by atoms with Crippen LogP contribution in [0, 0.1) is 22.7 Å². The predicted octanol–water partition coefficient (Wildman–Crippen LogP) is 13.1. The first-order chi connectivity index (χ1) is 27.7. The second-order valence-corrected chi connectivity index (χ2v) is 14.3. The van der Waals surface area contributed by atoms with Crippen molar-refractivity contribution < 1.29 is 8.83 Å². The molecule has 4 aromatic heterocycles. The van der Waals surface area contributed by atoms with Gasteiger partial charge in [0.1, 0.15) is 34.5 Å². The summed E-state index contributed by atoms with van der Waals surface area (Å²) in [6.07, 6.45) is 0. The first kappa shape index (κ1) is 30.4. The molecule has 56 heavy (non-hydrogen) atoms. The number of furan rings is 2. The Morgan fingerprint density at radius 1 is 0.357 bits per heavy atom. The summed E-state index contributed by atoms with van der Waals surface area (Å²) < 4.78 is 17.0. The van der Waals surface area contributed by atoms with Crippen LogP contribution in [-0.2, 0) is 0 Å². The lowest BCUT2D eigenvalue weighted by atomic mass is 9.99. The quantitative estimate of drug-likeness (QED) is 0.182. The molecule has 0 aliphatic heterocycles. The molecule has 0 saturated heterocycles. The Morgan fingerprint density at radius 2 is 0.768 bits per heavy atom. The first-order valence-corrected chi connectivity index (χ1v) is 18.5. The van der Waals surface area contributed by atoms with Crippen molar-refractivity contribution in [2.45, 2.75) is 0 Å². The summed E-state index contributed by atoms with van der Waals surface area (Å²) in [5, 5.41) is 29.7. The van der Waals surface area contributed by atoms with Gasteiger partial charge in [-0.05, 0) is 83.9 Å². The fraction of sp³-hybridized carbons (Fsp3) is 0. The molecule has 6 nitrogen and oxygen atoms in total. The Bertz CT molecular complexity index is 3500. The molecular weight excluding hydrogens is 689 g/mol. The zero-order chi connectivity index (χ0) is 37.1. The zero-order valence-electron chi connectivity index (χ0n) is 29.6. The Morgan fingerprint density at radius 3 is 1.21 bits per heavy atom. The van der Waals surface area contributed by atoms with E-state index in [1.165, 1.54) is 0 Å². The van der Waals surface area contributed by atoms with Gasteiger partial charge in [0, 0.05) is 43.1 Å². The number of benzene rings is 8. The molecule has 8 aromatic carbocycles. The summed E-state index contributed by atoms with van der Waals surface area (Å²) in [4.78, 5) is 0. The van der Waals surface area contributed by atoms with E-state index in [1.54, 1.807) is 0 Å². The van der Waals surface area contributed by atoms with Crippen LogP contribution in [0.25, 0.3) is 110 Å². The Kier molecular flexibility index (Phi) is 6.10. The van der Waals surface area contributed by atoms with Gasteiger partial charge in [0.15, 0.2) is 0 Å². The summed E-state index contributed by atoms with van der Waals surface area (Å²) in [7, 11) is 0. The maximum absolute atomic E-state index is 10.5. The van der Waals surface area contributed by atoms with Gasteiger partial charge in [-0.1, -0.05) is 84.9 Å². The number of nitrogens with zero attached hydrogens (tertiary/aromatic N) is 4. The highest BCUT2D eigenvalue weighted by Crippen LogP contribution is 2.44. The van der Waals surface area contributed by atoms with Crippen LogP contribution in [0.1, 0.15) is 11.1 Å². The predicted molar refractivity (Wildman–Crippen MR) is 225 cm³/mol. The highest BCUT2D eigenvalue weighted by Gasteiger charge is 2.23. The molecule has 12 aromatic rings. The van der Waals surface area contributed by atoms with Crippen molar-refractivity contribution in [3.63, 3.8) is 0 Å². The van der Waals surface area contributed by atoms with E-state index in [4.69, 9.17) is 8.83 Å². The Balaban J connectivity index is 1.11. The number of nitriles is 2. The third kappa shape index (κ3) is 4.02. The summed E-state index contributed by atoms with van der Waals surface area (Å²) in [6.45, 7) is 0. The van der Waals surface area contributed by atoms with Crippen molar-refractivity contribution in [2.75, 3.05) is 0 Å². The molecule has 0 spiro atoms. The van der Waals surface area contributed by atoms with E-state index in [-0.39, 0.29) is 0 Å². The highest BCUT2D eigenvalue weighted by molar-refractivity contribution is 6.28. The zero-order valence-corrected chi connectivity index (χ0v) is 29.6. The lowest BCUT2D eigenvalue weighted by Gasteiger charge is -2.15. The van der Waals surface area contributed by atoms with Gasteiger partial charge < -0.3 is 18.0 Å². The SMILES string of the molecule is N#Cc1ccc(-c2ccc(C#N)c(-n3c4ccccc4c4c5c(ccc43)oc3ccccc35)c2)cc1-n1c2ccccc2c2c3c(ccc21)oc1ccccc13. The van der Waals surface area contributed by atoms with E-state index in [0.29, 0.717) is 11.1 Å². The topological polar surface area (TPSA) is 83.7 Å². The third-order valence-corrected chi connectivity index (χ3v) is 11.4. The first-order valence-electron chi connectivity index (χ1n) is 18.5. The maximum Gasteiger partial charge on any atom is 0.136 e. The Hall–Kier alpha value is -8.06. The average molecular weight is 715 g/mol. The van der Waals surface area contributed by atoms with Gasteiger partial charge in [-0.2, -0.15) is 10.5 Å². The molecule has 0 atom stereocenters. The Labute approximate surface area is 318 Å². The van der Waals surface area contributed by atoms with Gasteiger partial charge in [0.2, 0.25) is 0 Å². The smallest absolute Gasteiger partial charge is 0.136 e. The van der Waals surface area contributed by atoms with Gasteiger partial charge in [0.05, 0.1) is 44.6 Å². The normalized spacial score (nSPS) is 11.9. The molecule has 0 fully saturated rings. The van der Waals surface area contributed by atoms with Crippen LogP contribution in [0.2, 0.25) is 0 Å². The molecule has 0 aliphatic carbocycles. The molecule has 4 heterocycles. The minimum Gasteiger partial charge on any atom is -0.456 e. The number of hydrogen-bond acceptors (Lipinski definition) is 4. The number of para-hydroxylation sites is 4. The summed E-state index contributed by atoms with van der Waals surface area (Å²) in [6, 6.07) is 58.2. The van der Waals surface area contributed by atoms with Crippen molar-refractivity contribution >= 4 is 87.5 Å². The molecule has 258 valence electrons. The lowest BCUT2D eigenvalue weighted by molar-refractivity contribution is 0.669. The van der Waals surface area contributed by atoms with Crippen LogP contribution in [0.15, 0.2) is 167 Å². The monoisotopic (exact) mass is 714 g/mol. The molecule has 0 amide bonds. The van der Waals surface area contributed by atoms with Crippen LogP contribution < -0.4 is 0 Å². The van der Waals surface area contributed by atoms with E-state index < -0.39 is 0 Å². The van der Waals surface area contributed by atoms with Crippen LogP contribution >= 0.6 is 0 Å². The summed E-state index contributed by atoms with van der Waals surface area (Å²) in [5.41, 5.74) is 11.8.